The van der Waals surface area contributed by atoms with Crippen LogP contribution in [0.15, 0.2) is 0 Å². The fourth-order valence-corrected chi connectivity index (χ4v) is 2.49. The Morgan fingerprint density at radius 2 is 1.57 bits per heavy atom. The molecule has 126 valence electrons. The molecular weight excluding hydrogens is 266 g/mol. The van der Waals surface area contributed by atoms with Crippen LogP contribution in [-0.2, 0) is 9.53 Å². The summed E-state index contributed by atoms with van der Waals surface area (Å²) in [4.78, 5) is 13.4. The number of carbonyl (C=O) groups is 1. The van der Waals surface area contributed by atoms with E-state index >= 15 is 0 Å². The molecule has 1 N–H and O–H groups in total. The normalized spacial score (nSPS) is 13.3. The fraction of sp³-hybridized carbons (Fsp3) is 0.941. The number of rotatable bonds is 13. The first-order valence-electron chi connectivity index (χ1n) is 8.32. The Morgan fingerprint density at radius 3 is 2.05 bits per heavy atom. The summed E-state index contributed by atoms with van der Waals surface area (Å²) in [5, 5.41) is 9.29. The van der Waals surface area contributed by atoms with Crippen LogP contribution in [0.3, 0.4) is 0 Å². The van der Waals surface area contributed by atoms with E-state index in [1.54, 1.807) is 0 Å². The highest BCUT2D eigenvalue weighted by atomic mass is 16.5. The van der Waals surface area contributed by atoms with Crippen molar-refractivity contribution in [1.29, 1.82) is 0 Å². The number of nitrogens with zero attached hydrogens (tertiary/aromatic N) is 1. The van der Waals surface area contributed by atoms with E-state index in [4.69, 9.17) is 4.74 Å². The third-order valence-electron chi connectivity index (χ3n) is 3.47. The van der Waals surface area contributed by atoms with E-state index in [0.717, 1.165) is 31.9 Å². The average molecular weight is 301 g/mol. The SMILES string of the molecule is CC(C)CCCOCCCC(CN(C)CC(C)C)C(=O)O. The molecule has 0 rings (SSSR count). The lowest BCUT2D eigenvalue weighted by molar-refractivity contribution is -0.142. The van der Waals surface area contributed by atoms with Gasteiger partial charge in [0, 0.05) is 26.3 Å². The minimum Gasteiger partial charge on any atom is -0.481 e. The number of hydrogen-bond donors (Lipinski definition) is 1. The van der Waals surface area contributed by atoms with E-state index < -0.39 is 5.97 Å². The van der Waals surface area contributed by atoms with Crippen LogP contribution < -0.4 is 0 Å². The standard InChI is InChI=1S/C17H35NO3/c1-14(2)8-6-10-21-11-7-9-16(17(19)20)13-18(5)12-15(3)4/h14-16H,6-13H2,1-5H3,(H,19,20). The second-order valence-corrected chi connectivity index (χ2v) is 6.94. The van der Waals surface area contributed by atoms with Crippen molar-refractivity contribution in [3.05, 3.63) is 0 Å². The molecule has 4 heteroatoms. The van der Waals surface area contributed by atoms with Gasteiger partial charge in [-0.25, -0.2) is 0 Å². The van der Waals surface area contributed by atoms with Gasteiger partial charge in [-0.15, -0.1) is 0 Å². The van der Waals surface area contributed by atoms with Crippen LogP contribution >= 0.6 is 0 Å². The first-order chi connectivity index (χ1) is 9.82. The Hall–Kier alpha value is -0.610. The van der Waals surface area contributed by atoms with E-state index in [0.29, 0.717) is 25.5 Å². The summed E-state index contributed by atoms with van der Waals surface area (Å²) in [6, 6.07) is 0. The van der Waals surface area contributed by atoms with Crippen molar-refractivity contribution in [2.75, 3.05) is 33.4 Å². The molecule has 0 aromatic heterocycles. The molecule has 0 radical (unpaired) electrons. The van der Waals surface area contributed by atoms with Crippen molar-refractivity contribution < 1.29 is 14.6 Å². The topological polar surface area (TPSA) is 49.8 Å². The van der Waals surface area contributed by atoms with Gasteiger partial charge >= 0.3 is 5.97 Å². The van der Waals surface area contributed by atoms with Gasteiger partial charge in [0.15, 0.2) is 0 Å². The highest BCUT2D eigenvalue weighted by Crippen LogP contribution is 2.11. The number of hydrogen-bond acceptors (Lipinski definition) is 3. The Bertz CT molecular complexity index is 267. The minimum absolute atomic E-state index is 0.284. The lowest BCUT2D eigenvalue weighted by Gasteiger charge is -2.23. The Kier molecular flexibility index (Phi) is 11.6. The minimum atomic E-state index is -0.689. The third kappa shape index (κ3) is 12.8. The highest BCUT2D eigenvalue weighted by Gasteiger charge is 2.19. The smallest absolute Gasteiger partial charge is 0.307 e. The van der Waals surface area contributed by atoms with Crippen molar-refractivity contribution in [2.45, 2.75) is 53.4 Å². The molecule has 0 saturated carbocycles. The number of carboxylic acid groups (broad SMARTS) is 1. The molecule has 0 bridgehead atoms. The average Bonchev–Trinajstić information content (AvgIpc) is 2.34. The maximum Gasteiger partial charge on any atom is 0.307 e. The van der Waals surface area contributed by atoms with Gasteiger partial charge in [-0.2, -0.15) is 0 Å². The van der Waals surface area contributed by atoms with Gasteiger partial charge in [0.05, 0.1) is 5.92 Å². The predicted octanol–water partition coefficient (Wildman–Crippen LogP) is 3.51. The summed E-state index contributed by atoms with van der Waals surface area (Å²) in [5.41, 5.74) is 0. The maximum absolute atomic E-state index is 11.3. The molecule has 4 nitrogen and oxygen atoms in total. The number of aliphatic carboxylic acids is 1. The van der Waals surface area contributed by atoms with E-state index in [2.05, 4.69) is 32.6 Å². The second kappa shape index (κ2) is 12.0. The molecule has 0 saturated heterocycles. The van der Waals surface area contributed by atoms with Crippen molar-refractivity contribution in [2.24, 2.45) is 17.8 Å². The van der Waals surface area contributed by atoms with Gasteiger partial charge in [-0.3, -0.25) is 4.79 Å². The van der Waals surface area contributed by atoms with Gasteiger partial charge in [-0.05, 0) is 44.6 Å². The molecule has 0 aliphatic heterocycles. The van der Waals surface area contributed by atoms with Crippen LogP contribution in [0.1, 0.15) is 53.4 Å². The lowest BCUT2D eigenvalue weighted by Crippen LogP contribution is -2.33. The number of ether oxygens (including phenoxy) is 1. The summed E-state index contributed by atoms with van der Waals surface area (Å²) in [6.07, 6.45) is 3.81. The van der Waals surface area contributed by atoms with Crippen LogP contribution in [0, 0.1) is 17.8 Å². The van der Waals surface area contributed by atoms with Crippen LogP contribution in [0.5, 0.6) is 0 Å². The van der Waals surface area contributed by atoms with Crippen molar-refractivity contribution >= 4 is 5.97 Å². The molecule has 0 fully saturated rings. The van der Waals surface area contributed by atoms with Gasteiger partial charge in [0.25, 0.3) is 0 Å². The summed E-state index contributed by atoms with van der Waals surface area (Å²) in [5.74, 6) is 0.314. The van der Waals surface area contributed by atoms with Crippen molar-refractivity contribution in [3.63, 3.8) is 0 Å². The zero-order valence-electron chi connectivity index (χ0n) is 14.6. The van der Waals surface area contributed by atoms with Crippen molar-refractivity contribution in [3.8, 4) is 0 Å². The molecule has 1 atom stereocenters. The summed E-state index contributed by atoms with van der Waals surface area (Å²) < 4.78 is 5.58. The van der Waals surface area contributed by atoms with Gasteiger partial charge in [0.1, 0.15) is 0 Å². The predicted molar refractivity (Wildman–Crippen MR) is 87.6 cm³/mol. The Labute approximate surface area is 130 Å². The molecule has 0 amide bonds. The Balaban J connectivity index is 3.77. The first kappa shape index (κ1) is 20.4. The fourth-order valence-electron chi connectivity index (χ4n) is 2.49. The van der Waals surface area contributed by atoms with Crippen LogP contribution in [0.25, 0.3) is 0 Å². The van der Waals surface area contributed by atoms with Crippen LogP contribution in [-0.4, -0.2) is 49.3 Å². The molecule has 0 aliphatic rings. The summed E-state index contributed by atoms with van der Waals surface area (Å²) in [6.45, 7) is 11.8. The monoisotopic (exact) mass is 301 g/mol. The summed E-state index contributed by atoms with van der Waals surface area (Å²) >= 11 is 0. The molecule has 0 spiro atoms. The first-order valence-corrected chi connectivity index (χ1v) is 8.32. The number of carboxylic acids is 1. The van der Waals surface area contributed by atoms with Gasteiger partial charge in [0.2, 0.25) is 0 Å². The van der Waals surface area contributed by atoms with Crippen molar-refractivity contribution in [1.82, 2.24) is 4.90 Å². The van der Waals surface area contributed by atoms with Crippen LogP contribution in [0.4, 0.5) is 0 Å². The second-order valence-electron chi connectivity index (χ2n) is 6.94. The third-order valence-corrected chi connectivity index (χ3v) is 3.47. The molecule has 21 heavy (non-hydrogen) atoms. The van der Waals surface area contributed by atoms with E-state index in [1.807, 2.05) is 7.05 Å². The Morgan fingerprint density at radius 1 is 1.00 bits per heavy atom. The van der Waals surface area contributed by atoms with E-state index in [-0.39, 0.29) is 5.92 Å². The quantitative estimate of drug-likeness (QED) is 0.529. The maximum atomic E-state index is 11.3. The zero-order valence-corrected chi connectivity index (χ0v) is 14.6. The van der Waals surface area contributed by atoms with Crippen LogP contribution in [0.2, 0.25) is 0 Å². The molecule has 0 aliphatic carbocycles. The largest absolute Gasteiger partial charge is 0.481 e. The lowest BCUT2D eigenvalue weighted by atomic mass is 10.0. The zero-order chi connectivity index (χ0) is 16.3. The molecule has 1 unspecified atom stereocenters. The van der Waals surface area contributed by atoms with E-state index in [1.165, 1.54) is 6.42 Å². The molecular formula is C17H35NO3. The van der Waals surface area contributed by atoms with Gasteiger partial charge in [-0.1, -0.05) is 27.7 Å². The molecule has 0 heterocycles. The van der Waals surface area contributed by atoms with E-state index in [9.17, 15) is 9.90 Å². The molecule has 0 aromatic rings. The molecule has 0 aromatic carbocycles. The highest BCUT2D eigenvalue weighted by molar-refractivity contribution is 5.70. The van der Waals surface area contributed by atoms with Gasteiger partial charge < -0.3 is 14.7 Å². The summed E-state index contributed by atoms with van der Waals surface area (Å²) in [7, 11) is 2.00.